The fourth-order valence-corrected chi connectivity index (χ4v) is 3.53. The van der Waals surface area contributed by atoms with E-state index in [4.69, 9.17) is 0 Å². The van der Waals surface area contributed by atoms with E-state index in [1.54, 1.807) is 10.4 Å². The molecule has 1 heterocycles. The van der Waals surface area contributed by atoms with Gasteiger partial charge in [0.1, 0.15) is 0 Å². The van der Waals surface area contributed by atoms with E-state index < -0.39 is 0 Å². The Balaban J connectivity index is 1.88. The van der Waals surface area contributed by atoms with Crippen LogP contribution >= 0.6 is 11.3 Å². The number of nitrogens with one attached hydrogen (secondary N) is 2. The van der Waals surface area contributed by atoms with Crippen molar-refractivity contribution in [2.24, 2.45) is 0 Å². The van der Waals surface area contributed by atoms with Crippen LogP contribution in [0.5, 0.6) is 0 Å². The van der Waals surface area contributed by atoms with E-state index in [-0.39, 0.29) is 0 Å². The van der Waals surface area contributed by atoms with Gasteiger partial charge in [-0.05, 0) is 56.2 Å². The van der Waals surface area contributed by atoms with Crippen LogP contribution in [0.1, 0.15) is 36.1 Å². The van der Waals surface area contributed by atoms with Crippen LogP contribution in [-0.4, -0.2) is 26.2 Å². The first kappa shape index (κ1) is 12.1. The fraction of sp³-hybridized carbons (Fsp3) is 0.692. The highest BCUT2D eigenvalue weighted by atomic mass is 32.1. The van der Waals surface area contributed by atoms with Gasteiger partial charge in [0.2, 0.25) is 0 Å². The number of aryl methyl sites for hydroxylation is 1. The predicted molar refractivity (Wildman–Crippen MR) is 71.4 cm³/mol. The number of hydrogen-bond acceptors (Lipinski definition) is 3. The summed E-state index contributed by atoms with van der Waals surface area (Å²) in [6.07, 6.45) is 4.01. The van der Waals surface area contributed by atoms with Crippen LogP contribution in [0.25, 0.3) is 0 Å². The van der Waals surface area contributed by atoms with Gasteiger partial charge in [-0.2, -0.15) is 0 Å². The van der Waals surface area contributed by atoms with E-state index >= 15 is 0 Å². The Kier molecular flexibility index (Phi) is 4.38. The molecule has 16 heavy (non-hydrogen) atoms. The highest BCUT2D eigenvalue weighted by Crippen LogP contribution is 2.34. The minimum absolute atomic E-state index is 0.564. The quantitative estimate of drug-likeness (QED) is 0.823. The lowest BCUT2D eigenvalue weighted by Gasteiger charge is -2.24. The summed E-state index contributed by atoms with van der Waals surface area (Å²) in [5, 5.41) is 9.08. The van der Waals surface area contributed by atoms with Crippen molar-refractivity contribution >= 4 is 11.3 Å². The Morgan fingerprint density at radius 1 is 1.56 bits per heavy atom. The zero-order valence-electron chi connectivity index (χ0n) is 10.3. The molecule has 2 rings (SSSR count). The number of thiophene rings is 1. The van der Waals surface area contributed by atoms with Crippen LogP contribution in [0.3, 0.4) is 0 Å². The molecule has 1 aliphatic rings. The van der Waals surface area contributed by atoms with Gasteiger partial charge in [0.15, 0.2) is 0 Å². The smallest absolute Gasteiger partial charge is 0.0164 e. The van der Waals surface area contributed by atoms with Crippen LogP contribution < -0.4 is 10.6 Å². The van der Waals surface area contributed by atoms with Crippen molar-refractivity contribution in [3.63, 3.8) is 0 Å². The van der Waals surface area contributed by atoms with Crippen LogP contribution in [0, 0.1) is 0 Å². The summed E-state index contributed by atoms with van der Waals surface area (Å²) in [6, 6.07) is 2.89. The molecule has 2 nitrogen and oxygen atoms in total. The van der Waals surface area contributed by atoms with E-state index in [1.165, 1.54) is 19.3 Å². The zero-order chi connectivity index (χ0) is 11.4. The van der Waals surface area contributed by atoms with E-state index in [0.29, 0.717) is 6.04 Å². The first-order chi connectivity index (χ1) is 7.81. The Labute approximate surface area is 102 Å². The van der Waals surface area contributed by atoms with Crippen molar-refractivity contribution in [1.82, 2.24) is 10.6 Å². The molecule has 2 unspecified atom stereocenters. The van der Waals surface area contributed by atoms with Gasteiger partial charge in [0, 0.05) is 24.0 Å². The van der Waals surface area contributed by atoms with E-state index in [0.717, 1.165) is 19.0 Å². The first-order valence-corrected chi connectivity index (χ1v) is 7.13. The van der Waals surface area contributed by atoms with Gasteiger partial charge in [0.05, 0.1) is 0 Å². The minimum Gasteiger partial charge on any atom is -0.318 e. The zero-order valence-corrected chi connectivity index (χ0v) is 11.1. The Bertz CT molecular complexity index is 321. The summed E-state index contributed by atoms with van der Waals surface area (Å²) in [5.74, 6) is 0.745. The molecule has 0 saturated heterocycles. The molecule has 0 aromatic carbocycles. The van der Waals surface area contributed by atoms with Crippen molar-refractivity contribution in [2.75, 3.05) is 20.1 Å². The van der Waals surface area contributed by atoms with Gasteiger partial charge in [-0.25, -0.2) is 0 Å². The number of likely N-dealkylation sites (N-methyl/N-ethyl adjacent to an activating group) is 1. The summed E-state index contributed by atoms with van der Waals surface area (Å²) < 4.78 is 0. The molecule has 1 aliphatic carbocycles. The molecule has 0 amide bonds. The third kappa shape index (κ3) is 2.84. The van der Waals surface area contributed by atoms with Gasteiger partial charge in [-0.1, -0.05) is 0 Å². The van der Waals surface area contributed by atoms with E-state index in [2.05, 4.69) is 29.0 Å². The molecule has 0 saturated carbocycles. The summed E-state index contributed by atoms with van der Waals surface area (Å²) >= 11 is 1.93. The molecule has 1 aromatic rings. The van der Waals surface area contributed by atoms with Crippen LogP contribution in [-0.2, 0) is 6.42 Å². The molecule has 0 spiro atoms. The van der Waals surface area contributed by atoms with Crippen LogP contribution in [0.4, 0.5) is 0 Å². The van der Waals surface area contributed by atoms with E-state index in [1.807, 2.05) is 18.4 Å². The molecule has 0 bridgehead atoms. The molecule has 3 heteroatoms. The van der Waals surface area contributed by atoms with Crippen molar-refractivity contribution in [1.29, 1.82) is 0 Å². The Hall–Kier alpha value is -0.380. The largest absolute Gasteiger partial charge is 0.318 e. The average Bonchev–Trinajstić information content (AvgIpc) is 2.75. The maximum Gasteiger partial charge on any atom is 0.0164 e. The molecular formula is C13H22N2S. The Morgan fingerprint density at radius 2 is 2.44 bits per heavy atom. The van der Waals surface area contributed by atoms with E-state index in [9.17, 15) is 0 Å². The monoisotopic (exact) mass is 238 g/mol. The highest BCUT2D eigenvalue weighted by molar-refractivity contribution is 7.10. The Morgan fingerprint density at radius 3 is 3.25 bits per heavy atom. The number of hydrogen-bond donors (Lipinski definition) is 2. The second-order valence-electron chi connectivity index (χ2n) is 4.76. The number of rotatable bonds is 5. The summed E-state index contributed by atoms with van der Waals surface area (Å²) in [7, 11) is 2.01. The second kappa shape index (κ2) is 5.80. The molecule has 2 N–H and O–H groups in total. The number of fused-ring (bicyclic) bond motifs is 1. The lowest BCUT2D eigenvalue weighted by molar-refractivity contribution is 0.458. The first-order valence-electron chi connectivity index (χ1n) is 6.25. The third-order valence-electron chi connectivity index (χ3n) is 3.40. The molecule has 1 aromatic heterocycles. The lowest BCUT2D eigenvalue weighted by Crippen LogP contribution is -2.37. The summed E-state index contributed by atoms with van der Waals surface area (Å²) in [5.41, 5.74) is 1.61. The van der Waals surface area contributed by atoms with Crippen LogP contribution in [0.2, 0.25) is 0 Å². The maximum absolute atomic E-state index is 3.63. The molecule has 0 aliphatic heterocycles. The van der Waals surface area contributed by atoms with Gasteiger partial charge in [0.25, 0.3) is 0 Å². The van der Waals surface area contributed by atoms with Gasteiger partial charge in [-0.3, -0.25) is 0 Å². The molecular weight excluding hydrogens is 216 g/mol. The lowest BCUT2D eigenvalue weighted by atomic mass is 9.87. The van der Waals surface area contributed by atoms with Crippen molar-refractivity contribution in [2.45, 2.75) is 38.1 Å². The SMILES string of the molecule is CNCC(C)NCC1CCCc2sccc21. The normalized spacial score (nSPS) is 21.8. The molecule has 90 valence electrons. The maximum atomic E-state index is 3.63. The van der Waals surface area contributed by atoms with Crippen molar-refractivity contribution in [3.8, 4) is 0 Å². The average molecular weight is 238 g/mol. The molecule has 2 atom stereocenters. The van der Waals surface area contributed by atoms with Crippen LogP contribution in [0.15, 0.2) is 11.4 Å². The molecule has 0 radical (unpaired) electrons. The van der Waals surface area contributed by atoms with Crippen molar-refractivity contribution in [3.05, 3.63) is 21.9 Å². The summed E-state index contributed by atoms with van der Waals surface area (Å²) in [4.78, 5) is 1.62. The van der Waals surface area contributed by atoms with Gasteiger partial charge < -0.3 is 10.6 Å². The third-order valence-corrected chi connectivity index (χ3v) is 4.40. The van der Waals surface area contributed by atoms with Gasteiger partial charge in [-0.15, -0.1) is 11.3 Å². The molecule has 0 fully saturated rings. The van der Waals surface area contributed by atoms with Gasteiger partial charge >= 0.3 is 0 Å². The fourth-order valence-electron chi connectivity index (χ4n) is 2.52. The topological polar surface area (TPSA) is 24.1 Å². The standard InChI is InChI=1S/C13H22N2S/c1-10(8-14-2)15-9-11-4-3-5-13-12(11)6-7-16-13/h6-7,10-11,14-15H,3-5,8-9H2,1-2H3. The van der Waals surface area contributed by atoms with Crippen molar-refractivity contribution < 1.29 is 0 Å². The summed E-state index contributed by atoms with van der Waals surface area (Å²) in [6.45, 7) is 4.42. The minimum atomic E-state index is 0.564. The second-order valence-corrected chi connectivity index (χ2v) is 5.76. The predicted octanol–water partition coefficient (Wildman–Crippen LogP) is 2.37. The highest BCUT2D eigenvalue weighted by Gasteiger charge is 2.21.